The zero-order chi connectivity index (χ0) is 14.0. The number of aliphatic hydroxyl groups is 1. The first-order chi connectivity index (χ1) is 8.48. The van der Waals surface area contributed by atoms with Gasteiger partial charge in [-0.2, -0.15) is 0 Å². The minimum atomic E-state index is -0.558. The van der Waals surface area contributed by atoms with E-state index in [0.29, 0.717) is 0 Å². The van der Waals surface area contributed by atoms with Gasteiger partial charge >= 0.3 is 0 Å². The zero-order valence-corrected chi connectivity index (χ0v) is 12.7. The van der Waals surface area contributed by atoms with Crippen molar-refractivity contribution in [2.45, 2.75) is 85.2 Å². The average molecular weight is 256 g/mol. The largest absolute Gasteiger partial charge is 0.392 e. The Morgan fingerprint density at radius 3 is 2.00 bits per heavy atom. The van der Waals surface area contributed by atoms with E-state index < -0.39 is 11.5 Å². The summed E-state index contributed by atoms with van der Waals surface area (Å²) in [7, 11) is 0. The van der Waals surface area contributed by atoms with Crippen molar-refractivity contribution in [3.8, 4) is 0 Å². The SMILES string of the molecule is CCCCCCCCCC(C)(C=O)C(O)C(C)C. The van der Waals surface area contributed by atoms with Crippen LogP contribution in [0, 0.1) is 11.3 Å². The molecule has 0 aliphatic carbocycles. The van der Waals surface area contributed by atoms with Crippen LogP contribution < -0.4 is 0 Å². The maximum absolute atomic E-state index is 11.2. The van der Waals surface area contributed by atoms with Gasteiger partial charge in [-0.3, -0.25) is 0 Å². The number of hydrogen-bond acceptors (Lipinski definition) is 2. The number of rotatable bonds is 11. The molecule has 0 fully saturated rings. The lowest BCUT2D eigenvalue weighted by molar-refractivity contribution is -0.124. The third kappa shape index (κ3) is 6.53. The van der Waals surface area contributed by atoms with Gasteiger partial charge in [0, 0.05) is 5.41 Å². The topological polar surface area (TPSA) is 37.3 Å². The van der Waals surface area contributed by atoms with E-state index in [0.717, 1.165) is 19.1 Å². The number of carbonyl (C=O) groups is 1. The van der Waals surface area contributed by atoms with E-state index in [2.05, 4.69) is 6.92 Å². The van der Waals surface area contributed by atoms with Crippen LogP contribution >= 0.6 is 0 Å². The third-order valence-electron chi connectivity index (χ3n) is 3.90. The normalized spacial score (nSPS) is 16.6. The van der Waals surface area contributed by atoms with Crippen LogP contribution in [0.15, 0.2) is 0 Å². The summed E-state index contributed by atoms with van der Waals surface area (Å²) in [4.78, 5) is 11.2. The predicted molar refractivity (Wildman–Crippen MR) is 77.6 cm³/mol. The summed E-state index contributed by atoms with van der Waals surface area (Å²) in [5.41, 5.74) is -0.558. The quantitative estimate of drug-likeness (QED) is 0.441. The van der Waals surface area contributed by atoms with Crippen LogP contribution in [0.5, 0.6) is 0 Å². The van der Waals surface area contributed by atoms with Crippen molar-refractivity contribution in [3.63, 3.8) is 0 Å². The standard InChI is InChI=1S/C16H32O2/c1-5-6-7-8-9-10-11-12-16(4,13-17)15(18)14(2)3/h13-15,18H,5-12H2,1-4H3. The van der Waals surface area contributed by atoms with Gasteiger partial charge in [0.15, 0.2) is 0 Å². The second-order valence-corrected chi connectivity index (χ2v) is 6.18. The van der Waals surface area contributed by atoms with Crippen molar-refractivity contribution in [2.75, 3.05) is 0 Å². The molecule has 0 aliphatic rings. The highest BCUT2D eigenvalue weighted by atomic mass is 16.3. The highest BCUT2D eigenvalue weighted by Crippen LogP contribution is 2.30. The maximum atomic E-state index is 11.2. The second kappa shape index (κ2) is 9.55. The van der Waals surface area contributed by atoms with Gasteiger partial charge in [0.1, 0.15) is 6.29 Å². The molecule has 0 spiro atoms. The molecule has 2 nitrogen and oxygen atoms in total. The molecule has 0 aromatic carbocycles. The molecular weight excluding hydrogens is 224 g/mol. The lowest BCUT2D eigenvalue weighted by Gasteiger charge is -2.31. The van der Waals surface area contributed by atoms with E-state index >= 15 is 0 Å². The monoisotopic (exact) mass is 256 g/mol. The molecule has 2 heteroatoms. The van der Waals surface area contributed by atoms with E-state index in [1.165, 1.54) is 38.5 Å². The molecule has 0 saturated carbocycles. The molecule has 2 atom stereocenters. The smallest absolute Gasteiger partial charge is 0.128 e. The molecule has 18 heavy (non-hydrogen) atoms. The summed E-state index contributed by atoms with van der Waals surface area (Å²) in [5, 5.41) is 10.1. The Hall–Kier alpha value is -0.370. The highest BCUT2D eigenvalue weighted by Gasteiger charge is 2.33. The van der Waals surface area contributed by atoms with Gasteiger partial charge in [0.05, 0.1) is 6.10 Å². The van der Waals surface area contributed by atoms with E-state index in [1.807, 2.05) is 20.8 Å². The molecular formula is C16H32O2. The summed E-state index contributed by atoms with van der Waals surface area (Å²) < 4.78 is 0. The summed E-state index contributed by atoms with van der Waals surface area (Å²) in [6.45, 7) is 8.05. The minimum Gasteiger partial charge on any atom is -0.392 e. The summed E-state index contributed by atoms with van der Waals surface area (Å²) >= 11 is 0. The fourth-order valence-corrected chi connectivity index (χ4v) is 2.50. The van der Waals surface area contributed by atoms with Crippen molar-refractivity contribution in [3.05, 3.63) is 0 Å². The van der Waals surface area contributed by atoms with Crippen LogP contribution in [-0.4, -0.2) is 17.5 Å². The second-order valence-electron chi connectivity index (χ2n) is 6.18. The van der Waals surface area contributed by atoms with Crippen LogP contribution in [0.3, 0.4) is 0 Å². The third-order valence-corrected chi connectivity index (χ3v) is 3.90. The Balaban J connectivity index is 3.83. The number of aldehydes is 1. The Morgan fingerprint density at radius 1 is 1.06 bits per heavy atom. The van der Waals surface area contributed by atoms with E-state index in [9.17, 15) is 9.90 Å². The summed E-state index contributed by atoms with van der Waals surface area (Å²) in [6.07, 6.45) is 9.97. The predicted octanol–water partition coefficient (Wildman–Crippen LogP) is 4.35. The van der Waals surface area contributed by atoms with Crippen molar-refractivity contribution in [2.24, 2.45) is 11.3 Å². The fourth-order valence-electron chi connectivity index (χ4n) is 2.50. The Bertz CT molecular complexity index is 213. The van der Waals surface area contributed by atoms with E-state index in [-0.39, 0.29) is 5.92 Å². The Labute approximate surface area is 113 Å². The molecule has 1 N–H and O–H groups in total. The Kier molecular flexibility index (Phi) is 9.35. The van der Waals surface area contributed by atoms with Gasteiger partial charge in [0.25, 0.3) is 0 Å². The van der Waals surface area contributed by atoms with Crippen LogP contribution in [0.2, 0.25) is 0 Å². The number of carbonyl (C=O) groups excluding carboxylic acids is 1. The molecule has 0 rings (SSSR count). The van der Waals surface area contributed by atoms with Crippen LogP contribution in [0.1, 0.15) is 79.1 Å². The number of aliphatic hydroxyl groups excluding tert-OH is 1. The van der Waals surface area contributed by atoms with Crippen molar-refractivity contribution < 1.29 is 9.90 Å². The van der Waals surface area contributed by atoms with Crippen LogP contribution in [0.4, 0.5) is 0 Å². The number of hydrogen-bond donors (Lipinski definition) is 1. The van der Waals surface area contributed by atoms with Crippen molar-refractivity contribution in [1.29, 1.82) is 0 Å². The zero-order valence-electron chi connectivity index (χ0n) is 12.7. The molecule has 0 heterocycles. The molecule has 108 valence electrons. The van der Waals surface area contributed by atoms with Gasteiger partial charge < -0.3 is 9.90 Å². The first kappa shape index (κ1) is 17.6. The molecule has 0 aliphatic heterocycles. The summed E-state index contributed by atoms with van der Waals surface area (Å²) in [5.74, 6) is 0.143. The maximum Gasteiger partial charge on any atom is 0.128 e. The van der Waals surface area contributed by atoms with Crippen LogP contribution in [-0.2, 0) is 4.79 Å². The molecule has 0 radical (unpaired) electrons. The summed E-state index contributed by atoms with van der Waals surface area (Å²) in [6, 6.07) is 0. The van der Waals surface area contributed by atoms with Gasteiger partial charge in [0.2, 0.25) is 0 Å². The fraction of sp³-hybridized carbons (Fsp3) is 0.938. The first-order valence-corrected chi connectivity index (χ1v) is 7.62. The van der Waals surface area contributed by atoms with Crippen LogP contribution in [0.25, 0.3) is 0 Å². The molecule has 0 amide bonds. The molecule has 0 saturated heterocycles. The van der Waals surface area contributed by atoms with Gasteiger partial charge in [-0.15, -0.1) is 0 Å². The van der Waals surface area contributed by atoms with Crippen molar-refractivity contribution in [1.82, 2.24) is 0 Å². The molecule has 0 bridgehead atoms. The first-order valence-electron chi connectivity index (χ1n) is 7.62. The highest BCUT2D eigenvalue weighted by molar-refractivity contribution is 5.59. The molecule has 2 unspecified atom stereocenters. The van der Waals surface area contributed by atoms with Gasteiger partial charge in [-0.05, 0) is 12.3 Å². The van der Waals surface area contributed by atoms with E-state index in [4.69, 9.17) is 0 Å². The van der Waals surface area contributed by atoms with Gasteiger partial charge in [-0.25, -0.2) is 0 Å². The minimum absolute atomic E-state index is 0.143. The lowest BCUT2D eigenvalue weighted by Crippen LogP contribution is -2.37. The van der Waals surface area contributed by atoms with Crippen molar-refractivity contribution >= 4 is 6.29 Å². The van der Waals surface area contributed by atoms with E-state index in [1.54, 1.807) is 0 Å². The van der Waals surface area contributed by atoms with Gasteiger partial charge in [-0.1, -0.05) is 72.6 Å². The molecule has 0 aromatic heterocycles. The lowest BCUT2D eigenvalue weighted by atomic mass is 9.76. The Morgan fingerprint density at radius 2 is 1.56 bits per heavy atom. The number of unbranched alkanes of at least 4 members (excludes halogenated alkanes) is 6. The molecule has 0 aromatic rings. The average Bonchev–Trinajstić information content (AvgIpc) is 2.36.